The molecule has 5 rings (SSSR count). The summed E-state index contributed by atoms with van der Waals surface area (Å²) in [4.78, 5) is 17.7. The van der Waals surface area contributed by atoms with Crippen molar-refractivity contribution in [1.29, 1.82) is 0 Å². The van der Waals surface area contributed by atoms with E-state index in [-0.39, 0.29) is 5.56 Å². The van der Waals surface area contributed by atoms with Crippen molar-refractivity contribution in [2.45, 2.75) is 19.3 Å². The van der Waals surface area contributed by atoms with Crippen molar-refractivity contribution in [2.75, 3.05) is 5.32 Å². The number of hydrogen-bond acceptors (Lipinski definition) is 5. The first-order valence-corrected chi connectivity index (χ1v) is 8.77. The van der Waals surface area contributed by atoms with Crippen molar-refractivity contribution in [1.82, 2.24) is 14.6 Å². The highest BCUT2D eigenvalue weighted by molar-refractivity contribution is 7.20. The van der Waals surface area contributed by atoms with E-state index in [9.17, 15) is 4.79 Å². The molecule has 0 bridgehead atoms. The monoisotopic (exact) mass is 334 g/mol. The van der Waals surface area contributed by atoms with Gasteiger partial charge in [-0.1, -0.05) is 29.5 Å². The zero-order valence-corrected chi connectivity index (χ0v) is 13.6. The van der Waals surface area contributed by atoms with Gasteiger partial charge < -0.3 is 5.32 Å². The molecule has 1 aliphatic rings. The zero-order valence-electron chi connectivity index (χ0n) is 12.8. The second-order valence-electron chi connectivity index (χ2n) is 6.00. The van der Waals surface area contributed by atoms with Gasteiger partial charge in [0.1, 0.15) is 0 Å². The van der Waals surface area contributed by atoms with Crippen LogP contribution in [0.2, 0.25) is 0 Å². The summed E-state index contributed by atoms with van der Waals surface area (Å²) < 4.78 is 1.38. The first kappa shape index (κ1) is 13.7. The maximum Gasteiger partial charge on any atom is 0.283 e. The van der Waals surface area contributed by atoms with Gasteiger partial charge in [-0.2, -0.15) is 4.52 Å². The molecular weight excluding hydrogens is 320 g/mol. The van der Waals surface area contributed by atoms with E-state index in [0.717, 1.165) is 12.1 Å². The van der Waals surface area contributed by atoms with Crippen LogP contribution in [0, 0.1) is 0 Å². The molecule has 0 saturated heterocycles. The molecule has 1 N–H and O–H groups in total. The Morgan fingerprint density at radius 3 is 2.92 bits per heavy atom. The Balaban J connectivity index is 1.59. The molecule has 24 heavy (non-hydrogen) atoms. The lowest BCUT2D eigenvalue weighted by molar-refractivity contribution is 0.911. The van der Waals surface area contributed by atoms with Crippen LogP contribution in [-0.2, 0) is 12.8 Å². The molecule has 6 heteroatoms. The summed E-state index contributed by atoms with van der Waals surface area (Å²) in [6.07, 6.45) is 3.53. The van der Waals surface area contributed by atoms with Gasteiger partial charge in [0.25, 0.3) is 5.56 Å². The van der Waals surface area contributed by atoms with E-state index < -0.39 is 0 Å². The Bertz CT molecular complexity index is 1140. The number of para-hydroxylation sites is 1. The summed E-state index contributed by atoms with van der Waals surface area (Å²) in [5, 5.41) is 8.97. The molecule has 4 aromatic rings. The molecule has 0 saturated carbocycles. The number of rotatable bonds is 2. The molecule has 0 atom stereocenters. The quantitative estimate of drug-likeness (QED) is 0.609. The topological polar surface area (TPSA) is 59.3 Å². The average molecular weight is 334 g/mol. The fourth-order valence-electron chi connectivity index (χ4n) is 3.28. The third-order valence-corrected chi connectivity index (χ3v) is 5.28. The van der Waals surface area contributed by atoms with E-state index in [1.54, 1.807) is 6.07 Å². The zero-order chi connectivity index (χ0) is 16.1. The van der Waals surface area contributed by atoms with Gasteiger partial charge in [0.05, 0.1) is 10.9 Å². The predicted molar refractivity (Wildman–Crippen MR) is 96.4 cm³/mol. The molecule has 1 aliphatic carbocycles. The lowest BCUT2D eigenvalue weighted by Gasteiger charge is -2.04. The number of nitrogens with one attached hydrogen (secondary N) is 1. The van der Waals surface area contributed by atoms with Gasteiger partial charge >= 0.3 is 0 Å². The molecule has 5 nitrogen and oxygen atoms in total. The van der Waals surface area contributed by atoms with E-state index in [1.165, 1.54) is 39.8 Å². The van der Waals surface area contributed by atoms with E-state index in [0.29, 0.717) is 21.0 Å². The Hall–Kier alpha value is -2.73. The van der Waals surface area contributed by atoms with Crippen LogP contribution >= 0.6 is 11.3 Å². The SMILES string of the molecule is O=c1c2ccccc2nc2sc(Nc3ccc4c(c3)CCC4)nn12. The van der Waals surface area contributed by atoms with Crippen LogP contribution in [0.15, 0.2) is 47.3 Å². The minimum Gasteiger partial charge on any atom is -0.330 e. The molecule has 0 aliphatic heterocycles. The third-order valence-electron chi connectivity index (χ3n) is 4.45. The second-order valence-corrected chi connectivity index (χ2v) is 6.95. The molecule has 0 amide bonds. The van der Waals surface area contributed by atoms with Crippen molar-refractivity contribution < 1.29 is 0 Å². The Kier molecular flexibility index (Phi) is 2.93. The van der Waals surface area contributed by atoms with Crippen LogP contribution in [0.25, 0.3) is 15.9 Å². The number of nitrogens with zero attached hydrogens (tertiary/aromatic N) is 3. The van der Waals surface area contributed by atoms with Crippen LogP contribution < -0.4 is 10.9 Å². The summed E-state index contributed by atoms with van der Waals surface area (Å²) in [5.41, 5.74) is 4.42. The number of hydrogen-bond donors (Lipinski definition) is 1. The van der Waals surface area contributed by atoms with E-state index in [2.05, 4.69) is 33.6 Å². The van der Waals surface area contributed by atoms with Crippen LogP contribution in [0.4, 0.5) is 10.8 Å². The second kappa shape index (κ2) is 5.14. The van der Waals surface area contributed by atoms with E-state index in [4.69, 9.17) is 0 Å². The smallest absolute Gasteiger partial charge is 0.283 e. The Morgan fingerprint density at radius 1 is 1.08 bits per heavy atom. The van der Waals surface area contributed by atoms with Crippen molar-refractivity contribution in [2.24, 2.45) is 0 Å². The van der Waals surface area contributed by atoms with Gasteiger partial charge in [-0.25, -0.2) is 4.98 Å². The fourth-order valence-corrected chi connectivity index (χ4v) is 4.10. The van der Waals surface area contributed by atoms with Crippen LogP contribution in [0.5, 0.6) is 0 Å². The number of aryl methyl sites for hydroxylation is 2. The molecule has 0 unspecified atom stereocenters. The molecule has 118 valence electrons. The first-order chi connectivity index (χ1) is 11.8. The lowest BCUT2D eigenvalue weighted by Crippen LogP contribution is -2.15. The molecule has 2 aromatic carbocycles. The van der Waals surface area contributed by atoms with E-state index in [1.807, 2.05) is 18.2 Å². The number of fused-ring (bicyclic) bond motifs is 3. The summed E-state index contributed by atoms with van der Waals surface area (Å²) in [5.74, 6) is 0. The Morgan fingerprint density at radius 2 is 1.96 bits per heavy atom. The summed E-state index contributed by atoms with van der Waals surface area (Å²) >= 11 is 1.38. The molecule has 0 spiro atoms. The third kappa shape index (κ3) is 2.11. The van der Waals surface area contributed by atoms with Gasteiger partial charge in [0.15, 0.2) is 0 Å². The molecule has 2 aromatic heterocycles. The lowest BCUT2D eigenvalue weighted by atomic mass is 10.1. The van der Waals surface area contributed by atoms with Crippen molar-refractivity contribution >= 4 is 38.0 Å². The Labute approximate surface area is 141 Å². The number of aromatic nitrogens is 3. The highest BCUT2D eigenvalue weighted by Crippen LogP contribution is 2.28. The van der Waals surface area contributed by atoms with Crippen LogP contribution in [0.3, 0.4) is 0 Å². The molecular formula is C18H14N4OS. The van der Waals surface area contributed by atoms with Crippen molar-refractivity contribution in [3.63, 3.8) is 0 Å². The first-order valence-electron chi connectivity index (χ1n) is 7.95. The predicted octanol–water partition coefficient (Wildman–Crippen LogP) is 3.54. The van der Waals surface area contributed by atoms with Gasteiger partial charge in [-0.05, 0) is 54.7 Å². The summed E-state index contributed by atoms with van der Waals surface area (Å²) in [6, 6.07) is 13.8. The maximum absolute atomic E-state index is 12.5. The van der Waals surface area contributed by atoms with E-state index >= 15 is 0 Å². The average Bonchev–Trinajstić information content (AvgIpc) is 3.21. The fraction of sp³-hybridized carbons (Fsp3) is 0.167. The highest BCUT2D eigenvalue weighted by atomic mass is 32.1. The normalized spacial score (nSPS) is 13.5. The highest BCUT2D eigenvalue weighted by Gasteiger charge is 2.13. The van der Waals surface area contributed by atoms with Crippen molar-refractivity contribution in [3.8, 4) is 0 Å². The summed E-state index contributed by atoms with van der Waals surface area (Å²) in [7, 11) is 0. The minimum absolute atomic E-state index is 0.131. The van der Waals surface area contributed by atoms with Gasteiger partial charge in [-0.15, -0.1) is 5.10 Å². The number of benzene rings is 2. The largest absolute Gasteiger partial charge is 0.330 e. The summed E-state index contributed by atoms with van der Waals surface area (Å²) in [6.45, 7) is 0. The van der Waals surface area contributed by atoms with Crippen molar-refractivity contribution in [3.05, 3.63) is 63.9 Å². The van der Waals surface area contributed by atoms with Gasteiger partial charge in [-0.3, -0.25) is 4.79 Å². The van der Waals surface area contributed by atoms with Crippen LogP contribution in [-0.4, -0.2) is 14.6 Å². The molecule has 0 radical (unpaired) electrons. The van der Waals surface area contributed by atoms with Gasteiger partial charge in [0, 0.05) is 5.69 Å². The molecule has 2 heterocycles. The number of anilines is 2. The minimum atomic E-state index is -0.131. The van der Waals surface area contributed by atoms with Gasteiger partial charge in [0.2, 0.25) is 10.1 Å². The standard InChI is InChI=1S/C18H14N4OS/c23-16-14-6-1-2-7-15(14)20-18-22(16)21-17(24-18)19-13-9-8-11-4-3-5-12(11)10-13/h1-2,6-10H,3-5H2,(H,19,21). The maximum atomic E-state index is 12.5. The molecule has 0 fully saturated rings. The van der Waals surface area contributed by atoms with Crippen LogP contribution in [0.1, 0.15) is 17.5 Å².